The third-order valence-corrected chi connectivity index (χ3v) is 5.38. The van der Waals surface area contributed by atoms with Gasteiger partial charge in [0.25, 0.3) is 0 Å². The summed E-state index contributed by atoms with van der Waals surface area (Å²) in [6.45, 7) is 0. The van der Waals surface area contributed by atoms with E-state index in [0.717, 1.165) is 22.7 Å². The first-order valence-electron chi connectivity index (χ1n) is 6.94. The van der Waals surface area contributed by atoms with Crippen LogP contribution >= 0.6 is 23.1 Å². The van der Waals surface area contributed by atoms with Crippen LogP contribution in [-0.4, -0.2) is 37.4 Å². The van der Waals surface area contributed by atoms with Crippen LogP contribution in [0.2, 0.25) is 0 Å². The van der Waals surface area contributed by atoms with Crippen molar-refractivity contribution in [3.63, 3.8) is 0 Å². The molecule has 0 spiro atoms. The van der Waals surface area contributed by atoms with Gasteiger partial charge in [0.15, 0.2) is 5.69 Å². The van der Waals surface area contributed by atoms with Crippen LogP contribution in [0.3, 0.4) is 0 Å². The monoisotopic (exact) mass is 388 g/mol. The Kier molecular flexibility index (Phi) is 4.69. The highest BCUT2D eigenvalue weighted by atomic mass is 32.2. The topological polar surface area (TPSA) is 79.8 Å². The number of carboxylic acid groups (broad SMARTS) is 1. The molecule has 3 heterocycles. The second-order valence-electron chi connectivity index (χ2n) is 5.10. The molecule has 0 fully saturated rings. The van der Waals surface area contributed by atoms with Crippen LogP contribution in [0.25, 0.3) is 10.6 Å². The smallest absolute Gasteiger partial charge is 0.435 e. The molecule has 0 aliphatic carbocycles. The van der Waals surface area contributed by atoms with Gasteiger partial charge in [-0.2, -0.15) is 23.4 Å². The maximum absolute atomic E-state index is 12.8. The number of aliphatic carboxylic acids is 1. The van der Waals surface area contributed by atoms with Gasteiger partial charge in [0, 0.05) is 13.5 Å². The number of rotatable bonds is 4. The van der Waals surface area contributed by atoms with Gasteiger partial charge in [0.05, 0.1) is 26.9 Å². The van der Waals surface area contributed by atoms with Crippen molar-refractivity contribution >= 4 is 39.8 Å². The summed E-state index contributed by atoms with van der Waals surface area (Å²) in [7, 11) is 1.46. The zero-order valence-corrected chi connectivity index (χ0v) is 14.4. The third-order valence-electron chi connectivity index (χ3n) is 3.28. The van der Waals surface area contributed by atoms with Gasteiger partial charge in [0.1, 0.15) is 5.04 Å². The van der Waals surface area contributed by atoms with Crippen molar-refractivity contribution in [1.82, 2.24) is 9.78 Å². The van der Waals surface area contributed by atoms with E-state index in [4.69, 9.17) is 5.11 Å². The van der Waals surface area contributed by atoms with Gasteiger partial charge >= 0.3 is 12.1 Å². The summed E-state index contributed by atoms with van der Waals surface area (Å²) in [5.41, 5.74) is 0.0970. The maximum Gasteiger partial charge on any atom is 0.435 e. The number of halogens is 3. The van der Waals surface area contributed by atoms with E-state index in [9.17, 15) is 18.0 Å². The van der Waals surface area contributed by atoms with Crippen molar-refractivity contribution in [3.8, 4) is 10.6 Å². The molecule has 132 valence electrons. The zero-order chi connectivity index (χ0) is 18.2. The Morgan fingerprint density at radius 3 is 2.72 bits per heavy atom. The number of carbonyl (C=O) groups is 1. The number of alkyl halides is 3. The summed E-state index contributed by atoms with van der Waals surface area (Å²) >= 11 is 2.39. The first-order chi connectivity index (χ1) is 11.7. The lowest BCUT2D eigenvalue weighted by Crippen LogP contribution is -2.06. The van der Waals surface area contributed by atoms with Gasteiger partial charge in [-0.1, -0.05) is 11.8 Å². The Balaban J connectivity index is 1.74. The van der Waals surface area contributed by atoms with Crippen LogP contribution in [0.4, 0.5) is 13.2 Å². The predicted molar refractivity (Wildman–Crippen MR) is 90.2 cm³/mol. The van der Waals surface area contributed by atoms with Crippen molar-refractivity contribution < 1.29 is 23.1 Å². The molecule has 0 bridgehead atoms. The number of hydrogen-bond acceptors (Lipinski definition) is 6. The molecule has 0 atom stereocenters. The highest BCUT2D eigenvalue weighted by molar-refractivity contribution is 8.14. The molecule has 2 aromatic rings. The first-order valence-corrected chi connectivity index (χ1v) is 8.74. The average Bonchev–Trinajstić information content (AvgIpc) is 3.22. The Morgan fingerprint density at radius 1 is 1.36 bits per heavy atom. The molecular weight excluding hydrogens is 377 g/mol. The summed E-state index contributed by atoms with van der Waals surface area (Å²) in [4.78, 5) is 12.0. The van der Waals surface area contributed by atoms with Crippen molar-refractivity contribution in [2.24, 2.45) is 17.3 Å². The Bertz CT molecular complexity index is 883. The predicted octanol–water partition coefficient (Wildman–Crippen LogP) is 3.49. The normalized spacial score (nSPS) is 14.6. The molecule has 0 amide bonds. The van der Waals surface area contributed by atoms with Gasteiger partial charge in [-0.15, -0.1) is 16.4 Å². The lowest BCUT2D eigenvalue weighted by atomic mass is 10.2. The first kappa shape index (κ1) is 17.7. The second kappa shape index (κ2) is 6.64. The Hall–Kier alpha value is -2.14. The van der Waals surface area contributed by atoms with Crippen LogP contribution in [0.15, 0.2) is 28.4 Å². The van der Waals surface area contributed by atoms with E-state index in [1.54, 1.807) is 12.1 Å². The SMILES string of the molecule is Cn1nc(C(F)(F)F)cc1-c1ccc(C2=NN=C(SCC(=O)O)C2)s1. The quantitative estimate of drug-likeness (QED) is 0.870. The van der Waals surface area contributed by atoms with Crippen molar-refractivity contribution in [1.29, 1.82) is 0 Å². The maximum atomic E-state index is 12.8. The Morgan fingerprint density at radius 2 is 2.08 bits per heavy atom. The molecule has 25 heavy (non-hydrogen) atoms. The second-order valence-corrected chi connectivity index (χ2v) is 7.23. The molecule has 1 aliphatic rings. The molecule has 0 radical (unpaired) electrons. The highest BCUT2D eigenvalue weighted by Gasteiger charge is 2.35. The van der Waals surface area contributed by atoms with Crippen LogP contribution in [-0.2, 0) is 18.0 Å². The van der Waals surface area contributed by atoms with Gasteiger partial charge in [-0.3, -0.25) is 9.48 Å². The van der Waals surface area contributed by atoms with Gasteiger partial charge in [0.2, 0.25) is 0 Å². The number of thiophene rings is 1. The van der Waals surface area contributed by atoms with Crippen molar-refractivity contribution in [2.45, 2.75) is 12.6 Å². The minimum Gasteiger partial charge on any atom is -0.481 e. The summed E-state index contributed by atoms with van der Waals surface area (Å²) in [5.74, 6) is -1.02. The fraction of sp³-hybridized carbons (Fsp3) is 0.286. The highest BCUT2D eigenvalue weighted by Crippen LogP contribution is 2.35. The molecule has 0 aromatic carbocycles. The molecule has 1 N–H and O–H groups in total. The summed E-state index contributed by atoms with van der Waals surface area (Å²) in [5, 5.41) is 20.8. The van der Waals surface area contributed by atoms with Crippen LogP contribution in [0.1, 0.15) is 17.0 Å². The van der Waals surface area contributed by atoms with Crippen LogP contribution in [0.5, 0.6) is 0 Å². The third kappa shape index (κ3) is 3.93. The van der Waals surface area contributed by atoms with Crippen LogP contribution in [0, 0.1) is 0 Å². The molecular formula is C14H11F3N4O2S2. The number of thioether (sulfide) groups is 1. The summed E-state index contributed by atoms with van der Waals surface area (Å²) in [6, 6.07) is 4.48. The largest absolute Gasteiger partial charge is 0.481 e. The van der Waals surface area contributed by atoms with Gasteiger partial charge < -0.3 is 5.11 Å². The lowest BCUT2D eigenvalue weighted by Gasteiger charge is -1.99. The summed E-state index contributed by atoms with van der Waals surface area (Å²) in [6.07, 6.45) is -4.08. The number of carboxylic acids is 1. The summed E-state index contributed by atoms with van der Waals surface area (Å²) < 4.78 is 39.5. The van der Waals surface area contributed by atoms with E-state index in [0.29, 0.717) is 27.7 Å². The number of aromatic nitrogens is 2. The van der Waals surface area contributed by atoms with Crippen LogP contribution < -0.4 is 0 Å². The minimum absolute atomic E-state index is 0.0907. The number of nitrogens with zero attached hydrogens (tertiary/aromatic N) is 4. The fourth-order valence-electron chi connectivity index (χ4n) is 2.16. The standard InChI is InChI=1S/C14H11F3N4O2S2/c1-21-8(5-11(20-21)14(15,16)17)10-3-2-9(25-10)7-4-12(19-18-7)24-6-13(22)23/h2-3,5H,4,6H2,1H3,(H,22,23). The van der Waals surface area contributed by atoms with E-state index >= 15 is 0 Å². The average molecular weight is 388 g/mol. The molecule has 0 saturated heterocycles. The molecule has 3 rings (SSSR count). The van der Waals surface area contributed by atoms with E-state index in [2.05, 4.69) is 15.3 Å². The molecule has 1 aliphatic heterocycles. The molecule has 11 heteroatoms. The number of hydrogen-bond donors (Lipinski definition) is 1. The van der Waals surface area contributed by atoms with E-state index in [1.807, 2.05) is 0 Å². The molecule has 6 nitrogen and oxygen atoms in total. The van der Waals surface area contributed by atoms with Gasteiger partial charge in [-0.05, 0) is 18.2 Å². The van der Waals surface area contributed by atoms with E-state index in [-0.39, 0.29) is 5.75 Å². The minimum atomic E-state index is -4.49. The fourth-order valence-corrected chi connectivity index (χ4v) is 3.82. The van der Waals surface area contributed by atoms with Gasteiger partial charge in [-0.25, -0.2) is 0 Å². The van der Waals surface area contributed by atoms with E-state index < -0.39 is 17.8 Å². The molecule has 2 aromatic heterocycles. The van der Waals surface area contributed by atoms with Crippen molar-refractivity contribution in [2.75, 3.05) is 5.75 Å². The molecule has 0 saturated carbocycles. The zero-order valence-electron chi connectivity index (χ0n) is 12.7. The Labute approximate surface area is 148 Å². The van der Waals surface area contributed by atoms with Crippen molar-refractivity contribution in [3.05, 3.63) is 28.8 Å². The number of aryl methyl sites for hydroxylation is 1. The molecule has 0 unspecified atom stereocenters. The van der Waals surface area contributed by atoms with E-state index in [1.165, 1.54) is 23.1 Å². The lowest BCUT2D eigenvalue weighted by molar-refractivity contribution is -0.141.